The molecule has 10 heteroatoms. The summed E-state index contributed by atoms with van der Waals surface area (Å²) in [6.07, 6.45) is 2.47. The molecule has 0 radical (unpaired) electrons. The van der Waals surface area contributed by atoms with Crippen molar-refractivity contribution >= 4 is 32.2 Å². The van der Waals surface area contributed by atoms with E-state index in [1.165, 1.54) is 0 Å². The van der Waals surface area contributed by atoms with E-state index in [0.29, 0.717) is 19.3 Å². The molecule has 0 rings (SSSR count). The van der Waals surface area contributed by atoms with Gasteiger partial charge in [-0.2, -0.15) is 16.8 Å². The number of hydrogen-bond acceptors (Lipinski definition) is 8. The van der Waals surface area contributed by atoms with Gasteiger partial charge in [-0.05, 0) is 12.8 Å². The van der Waals surface area contributed by atoms with E-state index in [-0.39, 0.29) is 12.8 Å². The van der Waals surface area contributed by atoms with Gasteiger partial charge in [-0.1, -0.05) is 6.42 Å². The molecule has 0 fully saturated rings. The Morgan fingerprint density at radius 1 is 0.737 bits per heavy atom. The van der Waals surface area contributed by atoms with Gasteiger partial charge in [0.25, 0.3) is 0 Å². The molecule has 0 spiro atoms. The molecule has 0 aliphatic heterocycles. The molecular formula is C9H16O8S2. The summed E-state index contributed by atoms with van der Waals surface area (Å²) in [4.78, 5) is 21.9. The molecule has 19 heavy (non-hydrogen) atoms. The minimum absolute atomic E-state index is 0.0891. The summed E-state index contributed by atoms with van der Waals surface area (Å²) in [6, 6.07) is 0. The molecular weight excluding hydrogens is 300 g/mol. The first-order chi connectivity index (χ1) is 8.49. The van der Waals surface area contributed by atoms with E-state index in [0.717, 1.165) is 12.5 Å². The van der Waals surface area contributed by atoms with Crippen LogP contribution in [0.5, 0.6) is 0 Å². The fraction of sp³-hybridized carbons (Fsp3) is 0.778. The molecule has 0 aromatic rings. The standard InChI is InChI=1S/C9H16O8S2/c1-18(12,13)16-8(10)6-4-3-5-7-9(11)17-19(2,14)15/h3-7H2,1-2H3. The summed E-state index contributed by atoms with van der Waals surface area (Å²) in [5, 5.41) is 0. The second-order valence-corrected chi connectivity index (χ2v) is 7.03. The lowest BCUT2D eigenvalue weighted by Gasteiger charge is -2.02. The fourth-order valence-corrected chi connectivity index (χ4v) is 1.98. The van der Waals surface area contributed by atoms with E-state index in [1.54, 1.807) is 0 Å². The SMILES string of the molecule is CS(=O)(=O)OC(=O)CCCCCC(=O)OS(C)(=O)=O. The van der Waals surface area contributed by atoms with Gasteiger partial charge in [-0.25, -0.2) is 0 Å². The van der Waals surface area contributed by atoms with Crippen LogP contribution in [0, 0.1) is 0 Å². The van der Waals surface area contributed by atoms with E-state index in [4.69, 9.17) is 0 Å². The largest absolute Gasteiger partial charge is 0.346 e. The molecule has 0 saturated carbocycles. The van der Waals surface area contributed by atoms with Crippen molar-refractivity contribution in [1.82, 2.24) is 0 Å². The summed E-state index contributed by atoms with van der Waals surface area (Å²) in [6.45, 7) is 0. The summed E-state index contributed by atoms with van der Waals surface area (Å²) < 4.78 is 50.6. The van der Waals surface area contributed by atoms with Crippen molar-refractivity contribution in [2.45, 2.75) is 32.1 Å². The van der Waals surface area contributed by atoms with Gasteiger partial charge in [-0.3, -0.25) is 9.59 Å². The van der Waals surface area contributed by atoms with Crippen molar-refractivity contribution in [2.24, 2.45) is 0 Å². The quantitative estimate of drug-likeness (QED) is 0.451. The molecule has 0 bridgehead atoms. The smallest absolute Gasteiger partial charge is 0.322 e. The first kappa shape index (κ1) is 17.8. The van der Waals surface area contributed by atoms with Crippen LogP contribution in [0.25, 0.3) is 0 Å². The lowest BCUT2D eigenvalue weighted by atomic mass is 10.1. The Kier molecular flexibility index (Phi) is 6.98. The van der Waals surface area contributed by atoms with Crippen LogP contribution in [-0.2, 0) is 38.2 Å². The highest BCUT2D eigenvalue weighted by molar-refractivity contribution is 7.86. The Morgan fingerprint density at radius 2 is 1.05 bits per heavy atom. The highest BCUT2D eigenvalue weighted by Crippen LogP contribution is 2.06. The molecule has 0 heterocycles. The average molecular weight is 316 g/mol. The van der Waals surface area contributed by atoms with Gasteiger partial charge in [0.15, 0.2) is 0 Å². The second kappa shape index (κ2) is 7.43. The van der Waals surface area contributed by atoms with E-state index >= 15 is 0 Å². The van der Waals surface area contributed by atoms with Crippen molar-refractivity contribution in [3.63, 3.8) is 0 Å². The van der Waals surface area contributed by atoms with Crippen LogP contribution < -0.4 is 0 Å². The van der Waals surface area contributed by atoms with E-state index < -0.39 is 32.2 Å². The third-order valence-electron chi connectivity index (χ3n) is 1.75. The third kappa shape index (κ3) is 13.1. The Morgan fingerprint density at radius 3 is 1.32 bits per heavy atom. The Hall–Kier alpha value is -1.16. The van der Waals surface area contributed by atoms with Crippen LogP contribution in [0.4, 0.5) is 0 Å². The number of unbranched alkanes of at least 4 members (excludes halogenated alkanes) is 2. The van der Waals surface area contributed by atoms with Gasteiger partial charge >= 0.3 is 32.2 Å². The first-order valence-corrected chi connectivity index (χ1v) is 8.97. The summed E-state index contributed by atoms with van der Waals surface area (Å²) in [5.41, 5.74) is 0. The fourth-order valence-electron chi connectivity index (χ4n) is 1.14. The van der Waals surface area contributed by atoms with E-state index in [1.807, 2.05) is 0 Å². The van der Waals surface area contributed by atoms with Gasteiger partial charge in [0.2, 0.25) is 0 Å². The van der Waals surface area contributed by atoms with Gasteiger partial charge in [0, 0.05) is 12.8 Å². The Bertz CT molecular complexity index is 468. The van der Waals surface area contributed by atoms with Crippen molar-refractivity contribution in [1.29, 1.82) is 0 Å². The predicted octanol–water partition coefficient (Wildman–Crippen LogP) is -0.0575. The Balaban J connectivity index is 3.72. The van der Waals surface area contributed by atoms with Crippen molar-refractivity contribution in [3.05, 3.63) is 0 Å². The lowest BCUT2D eigenvalue weighted by molar-refractivity contribution is -0.134. The topological polar surface area (TPSA) is 121 Å². The van der Waals surface area contributed by atoms with Gasteiger partial charge in [0.05, 0.1) is 12.5 Å². The summed E-state index contributed by atoms with van der Waals surface area (Å²) in [5.74, 6) is -1.72. The van der Waals surface area contributed by atoms with Crippen molar-refractivity contribution in [3.8, 4) is 0 Å². The summed E-state index contributed by atoms with van der Waals surface area (Å²) >= 11 is 0. The number of carbonyl (C=O) groups is 2. The molecule has 0 aliphatic carbocycles. The second-order valence-electron chi connectivity index (χ2n) is 3.88. The molecule has 0 aliphatic rings. The zero-order valence-electron chi connectivity index (χ0n) is 10.6. The molecule has 0 amide bonds. The minimum Gasteiger partial charge on any atom is -0.346 e. The van der Waals surface area contributed by atoms with Gasteiger partial charge in [-0.15, -0.1) is 0 Å². The van der Waals surface area contributed by atoms with Crippen LogP contribution in [0.15, 0.2) is 0 Å². The van der Waals surface area contributed by atoms with Crippen LogP contribution in [-0.4, -0.2) is 41.3 Å². The van der Waals surface area contributed by atoms with E-state index in [9.17, 15) is 26.4 Å². The zero-order chi connectivity index (χ0) is 15.1. The molecule has 0 aromatic heterocycles. The van der Waals surface area contributed by atoms with Crippen molar-refractivity contribution < 1.29 is 34.8 Å². The van der Waals surface area contributed by atoms with Gasteiger partial charge in [0.1, 0.15) is 0 Å². The maximum atomic E-state index is 11.0. The van der Waals surface area contributed by atoms with Crippen LogP contribution in [0.3, 0.4) is 0 Å². The molecule has 0 N–H and O–H groups in total. The third-order valence-corrected chi connectivity index (χ3v) is 2.73. The molecule has 0 aromatic carbocycles. The lowest BCUT2D eigenvalue weighted by Crippen LogP contribution is -2.11. The number of rotatable bonds is 8. The normalized spacial score (nSPS) is 11.9. The van der Waals surface area contributed by atoms with E-state index in [2.05, 4.69) is 8.37 Å². The van der Waals surface area contributed by atoms with Gasteiger partial charge < -0.3 is 8.37 Å². The van der Waals surface area contributed by atoms with Crippen molar-refractivity contribution in [2.75, 3.05) is 12.5 Å². The Labute approximate surface area is 112 Å². The predicted molar refractivity (Wildman–Crippen MR) is 65.0 cm³/mol. The summed E-state index contributed by atoms with van der Waals surface area (Å²) in [7, 11) is -7.58. The van der Waals surface area contributed by atoms with Crippen LogP contribution in [0.2, 0.25) is 0 Å². The minimum atomic E-state index is -3.79. The zero-order valence-corrected chi connectivity index (χ0v) is 12.3. The van der Waals surface area contributed by atoms with Crippen LogP contribution in [0.1, 0.15) is 32.1 Å². The average Bonchev–Trinajstić information content (AvgIpc) is 2.10. The first-order valence-electron chi connectivity index (χ1n) is 5.34. The molecule has 0 atom stereocenters. The number of hydrogen-bond donors (Lipinski definition) is 0. The molecule has 0 saturated heterocycles. The highest BCUT2D eigenvalue weighted by atomic mass is 32.2. The maximum absolute atomic E-state index is 11.0. The monoisotopic (exact) mass is 316 g/mol. The molecule has 112 valence electrons. The molecule has 0 unspecified atom stereocenters. The number of carbonyl (C=O) groups excluding carboxylic acids is 2. The maximum Gasteiger partial charge on any atom is 0.322 e. The highest BCUT2D eigenvalue weighted by Gasteiger charge is 2.12. The van der Waals surface area contributed by atoms with Crippen LogP contribution >= 0.6 is 0 Å². The molecule has 8 nitrogen and oxygen atoms in total.